The Hall–Kier alpha value is -5.85. The highest BCUT2D eigenvalue weighted by Crippen LogP contribution is 2.32. The molecule has 1 aromatic heterocycles. The number of aromatic carboxylic acids is 1. The molecule has 0 aliphatic carbocycles. The summed E-state index contributed by atoms with van der Waals surface area (Å²) in [5.74, 6) is -1.32. The Labute approximate surface area is 240 Å². The van der Waals surface area contributed by atoms with Crippen LogP contribution in [0.5, 0.6) is 5.75 Å². The molecule has 0 spiro atoms. The van der Waals surface area contributed by atoms with Crippen molar-refractivity contribution in [2.45, 2.75) is 12.8 Å². The largest absolute Gasteiger partial charge is 0.482 e. The van der Waals surface area contributed by atoms with Crippen molar-refractivity contribution in [3.05, 3.63) is 134 Å². The molecule has 0 radical (unpaired) electrons. The number of aromatic nitrogens is 2. The van der Waals surface area contributed by atoms with Gasteiger partial charge < -0.3 is 9.84 Å². The molecule has 1 N–H and O–H groups in total. The fourth-order valence-corrected chi connectivity index (χ4v) is 4.16. The monoisotopic (exact) mass is 588 g/mol. The predicted molar refractivity (Wildman–Crippen MR) is 150 cm³/mol. The minimum Gasteiger partial charge on any atom is -0.482 e. The molecule has 0 aliphatic rings. The first-order chi connectivity index (χ1) is 20.5. The zero-order valence-corrected chi connectivity index (χ0v) is 21.9. The van der Waals surface area contributed by atoms with Crippen molar-refractivity contribution < 1.29 is 32.7 Å². The van der Waals surface area contributed by atoms with E-state index in [0.29, 0.717) is 5.56 Å². The van der Waals surface area contributed by atoms with Gasteiger partial charge in [-0.1, -0.05) is 36.4 Å². The molecule has 1 heterocycles. The number of hydrogen-bond acceptors (Lipinski definition) is 7. The van der Waals surface area contributed by atoms with Crippen molar-refractivity contribution in [3.8, 4) is 17.1 Å². The van der Waals surface area contributed by atoms with Crippen molar-refractivity contribution in [1.82, 2.24) is 9.66 Å². The van der Waals surface area contributed by atoms with Crippen molar-refractivity contribution in [1.29, 1.82) is 0 Å². The van der Waals surface area contributed by atoms with Gasteiger partial charge in [0.05, 0.1) is 33.2 Å². The van der Waals surface area contributed by atoms with Crippen molar-refractivity contribution in [3.63, 3.8) is 0 Å². The second-order valence-corrected chi connectivity index (χ2v) is 9.17. The molecule has 0 amide bonds. The van der Waals surface area contributed by atoms with E-state index in [9.17, 15) is 32.9 Å². The van der Waals surface area contributed by atoms with Gasteiger partial charge in [0.1, 0.15) is 6.61 Å². The number of ether oxygens (including phenoxy) is 1. The van der Waals surface area contributed by atoms with Crippen LogP contribution in [0.15, 0.2) is 101 Å². The topological polar surface area (TPSA) is 137 Å². The van der Waals surface area contributed by atoms with E-state index < -0.39 is 33.9 Å². The van der Waals surface area contributed by atoms with E-state index in [1.165, 1.54) is 54.6 Å². The normalized spacial score (nSPS) is 11.6. The number of nitro groups is 1. The van der Waals surface area contributed by atoms with E-state index >= 15 is 0 Å². The predicted octanol–water partition coefficient (Wildman–Crippen LogP) is 6.15. The lowest BCUT2D eigenvalue weighted by Gasteiger charge is -2.12. The maximum absolute atomic E-state index is 13.4. The summed E-state index contributed by atoms with van der Waals surface area (Å²) in [4.78, 5) is 39.9. The fraction of sp³-hybridized carbons (Fsp3) is 0.0667. The number of carboxylic acids is 1. The van der Waals surface area contributed by atoms with Crippen LogP contribution in [0.4, 0.5) is 18.9 Å². The molecule has 0 unspecified atom stereocenters. The number of benzene rings is 4. The molecule has 0 atom stereocenters. The van der Waals surface area contributed by atoms with Crippen LogP contribution in [-0.4, -0.2) is 31.9 Å². The number of carboxylic acid groups (broad SMARTS) is 1. The molecular weight excluding hydrogens is 569 g/mol. The van der Waals surface area contributed by atoms with Crippen LogP contribution >= 0.6 is 0 Å². The molecule has 216 valence electrons. The Morgan fingerprint density at radius 3 is 2.47 bits per heavy atom. The first-order valence-corrected chi connectivity index (χ1v) is 12.5. The summed E-state index contributed by atoms with van der Waals surface area (Å²) in [6.07, 6.45) is -3.48. The molecule has 10 nitrogen and oxygen atoms in total. The number of halogens is 3. The molecule has 5 aromatic rings. The third-order valence-electron chi connectivity index (χ3n) is 6.30. The number of rotatable bonds is 8. The quantitative estimate of drug-likeness (QED) is 0.130. The van der Waals surface area contributed by atoms with Gasteiger partial charge in [-0.25, -0.2) is 9.78 Å². The zero-order valence-electron chi connectivity index (χ0n) is 21.9. The number of carbonyl (C=O) groups is 1. The minimum atomic E-state index is -4.63. The lowest BCUT2D eigenvalue weighted by atomic mass is 10.1. The molecule has 13 heteroatoms. The first-order valence-electron chi connectivity index (χ1n) is 12.5. The Bertz CT molecular complexity index is 1950. The van der Waals surface area contributed by atoms with Gasteiger partial charge in [-0.05, 0) is 54.1 Å². The Balaban J connectivity index is 1.50. The molecule has 0 fully saturated rings. The minimum absolute atomic E-state index is 0.0130. The molecule has 0 saturated heterocycles. The van der Waals surface area contributed by atoms with Crippen molar-refractivity contribution in [2.75, 3.05) is 0 Å². The van der Waals surface area contributed by atoms with Crippen LogP contribution < -0.4 is 10.3 Å². The van der Waals surface area contributed by atoms with E-state index in [-0.39, 0.29) is 45.8 Å². The highest BCUT2D eigenvalue weighted by Gasteiger charge is 2.31. The lowest BCUT2D eigenvalue weighted by molar-refractivity contribution is -0.385. The molecule has 5 rings (SSSR count). The smallest absolute Gasteiger partial charge is 0.416 e. The van der Waals surface area contributed by atoms with E-state index in [2.05, 4.69) is 10.1 Å². The van der Waals surface area contributed by atoms with Crippen LogP contribution in [0, 0.1) is 10.1 Å². The van der Waals surface area contributed by atoms with Gasteiger partial charge in [0.15, 0.2) is 11.6 Å². The summed E-state index contributed by atoms with van der Waals surface area (Å²) in [6.45, 7) is -0.0767. The van der Waals surface area contributed by atoms with Gasteiger partial charge in [0.25, 0.3) is 5.56 Å². The van der Waals surface area contributed by atoms with Crippen molar-refractivity contribution in [2.24, 2.45) is 5.10 Å². The van der Waals surface area contributed by atoms with Crippen LogP contribution in [0.25, 0.3) is 22.3 Å². The summed E-state index contributed by atoms with van der Waals surface area (Å²) >= 11 is 0. The average Bonchev–Trinajstić information content (AvgIpc) is 2.99. The summed E-state index contributed by atoms with van der Waals surface area (Å²) < 4.78 is 46.7. The van der Waals surface area contributed by atoms with Crippen LogP contribution in [0.1, 0.15) is 27.0 Å². The maximum Gasteiger partial charge on any atom is 0.416 e. The van der Waals surface area contributed by atoms with Gasteiger partial charge in [-0.2, -0.15) is 22.9 Å². The molecule has 4 aromatic carbocycles. The molecule has 0 aliphatic heterocycles. The lowest BCUT2D eigenvalue weighted by Crippen LogP contribution is -2.20. The summed E-state index contributed by atoms with van der Waals surface area (Å²) in [5.41, 5.74) is -0.912. The van der Waals surface area contributed by atoms with Crippen LogP contribution in [-0.2, 0) is 12.8 Å². The number of nitrogens with zero attached hydrogens (tertiary/aromatic N) is 4. The summed E-state index contributed by atoms with van der Waals surface area (Å²) in [6, 6.07) is 20.3. The zero-order chi connectivity index (χ0) is 30.7. The highest BCUT2D eigenvalue weighted by atomic mass is 19.4. The molecule has 0 saturated carbocycles. The second kappa shape index (κ2) is 11.6. The molecule has 0 bridgehead atoms. The number of hydrogen-bond donors (Lipinski definition) is 1. The van der Waals surface area contributed by atoms with Crippen LogP contribution in [0.3, 0.4) is 0 Å². The fourth-order valence-electron chi connectivity index (χ4n) is 4.16. The number of para-hydroxylation sites is 1. The number of alkyl halides is 3. The maximum atomic E-state index is 13.4. The molecule has 43 heavy (non-hydrogen) atoms. The summed E-state index contributed by atoms with van der Waals surface area (Å²) in [5, 5.41) is 25.1. The Morgan fingerprint density at radius 1 is 1.02 bits per heavy atom. The highest BCUT2D eigenvalue weighted by molar-refractivity contribution is 5.87. The average molecular weight is 588 g/mol. The Kier molecular flexibility index (Phi) is 7.71. The van der Waals surface area contributed by atoms with E-state index in [1.54, 1.807) is 18.2 Å². The third-order valence-corrected chi connectivity index (χ3v) is 6.30. The third kappa shape index (κ3) is 6.25. The van der Waals surface area contributed by atoms with Gasteiger partial charge in [0.2, 0.25) is 0 Å². The SMILES string of the molecule is O=C(O)c1ccc(COc2ccc(C=Nn3c(-c4cccc(C(F)(F)F)c4)nc4ccccc4c3=O)cc2[N+](=O)[O-])cc1. The van der Waals surface area contributed by atoms with E-state index in [4.69, 9.17) is 9.84 Å². The second-order valence-electron chi connectivity index (χ2n) is 9.17. The number of fused-ring (bicyclic) bond motifs is 1. The van der Waals surface area contributed by atoms with Gasteiger partial charge in [-0.3, -0.25) is 14.9 Å². The Morgan fingerprint density at radius 2 is 1.77 bits per heavy atom. The van der Waals surface area contributed by atoms with Crippen LogP contribution in [0.2, 0.25) is 0 Å². The van der Waals surface area contributed by atoms with E-state index in [0.717, 1.165) is 29.1 Å². The van der Waals surface area contributed by atoms with E-state index in [1.807, 2.05) is 0 Å². The number of nitro benzene ring substituents is 1. The van der Waals surface area contributed by atoms with Gasteiger partial charge in [0, 0.05) is 17.2 Å². The first kappa shape index (κ1) is 28.7. The molecular formula is C30H19F3N4O6. The summed E-state index contributed by atoms with van der Waals surface area (Å²) in [7, 11) is 0. The van der Waals surface area contributed by atoms with Crippen molar-refractivity contribution >= 4 is 28.8 Å². The standard InChI is InChI=1S/C30H19F3N4O6/c31-30(32,33)22-5-3-4-21(15-22)27-35-24-7-2-1-6-23(24)28(38)36(27)34-16-19-10-13-26(25(14-19)37(41)42)43-17-18-8-11-20(12-9-18)29(39)40/h1-16H,17H2,(H,39,40). The van der Waals surface area contributed by atoms with Gasteiger partial charge in [-0.15, -0.1) is 0 Å². The van der Waals surface area contributed by atoms with Gasteiger partial charge >= 0.3 is 17.8 Å².